The maximum atomic E-state index is 13.2. The van der Waals surface area contributed by atoms with Gasteiger partial charge < -0.3 is 10.1 Å². The number of nitrogens with one attached hydrogen (secondary N) is 1. The zero-order valence-electron chi connectivity index (χ0n) is 17.2. The number of amides is 1. The molecule has 154 valence electrons. The molecule has 0 spiro atoms. The van der Waals surface area contributed by atoms with Crippen molar-refractivity contribution in [2.24, 2.45) is 0 Å². The number of fused-ring (bicyclic) bond motifs is 1. The molecular formula is C22H22N4O3S. The van der Waals surface area contributed by atoms with Gasteiger partial charge in [0.15, 0.2) is 0 Å². The van der Waals surface area contributed by atoms with Gasteiger partial charge in [-0.05, 0) is 41.8 Å². The summed E-state index contributed by atoms with van der Waals surface area (Å²) in [6, 6.07) is 12.5. The van der Waals surface area contributed by atoms with E-state index in [0.717, 1.165) is 5.56 Å². The Morgan fingerprint density at radius 3 is 2.43 bits per heavy atom. The van der Waals surface area contributed by atoms with E-state index in [1.807, 2.05) is 37.4 Å². The maximum absolute atomic E-state index is 13.2. The fraction of sp³-hybridized carbons (Fsp3) is 0.182. The molecule has 4 rings (SSSR count). The Kier molecular flexibility index (Phi) is 6.58. The van der Waals surface area contributed by atoms with Gasteiger partial charge in [-0.2, -0.15) is 0 Å². The number of rotatable bonds is 4. The lowest BCUT2D eigenvalue weighted by molar-refractivity contribution is -0.114. The number of pyridine rings is 1. The van der Waals surface area contributed by atoms with Crippen LogP contribution < -0.4 is 15.6 Å². The molecule has 1 N–H and O–H groups in total. The molecule has 30 heavy (non-hydrogen) atoms. The molecule has 3 aromatic heterocycles. The van der Waals surface area contributed by atoms with Gasteiger partial charge in [0.2, 0.25) is 11.8 Å². The predicted octanol–water partition coefficient (Wildman–Crippen LogP) is 4.50. The predicted molar refractivity (Wildman–Crippen MR) is 121 cm³/mol. The average Bonchev–Trinajstić information content (AvgIpc) is 3.25. The van der Waals surface area contributed by atoms with Crippen LogP contribution in [0, 0.1) is 0 Å². The summed E-state index contributed by atoms with van der Waals surface area (Å²) in [5.74, 6) is 0.812. The smallest absolute Gasteiger partial charge is 0.276 e. The van der Waals surface area contributed by atoms with Gasteiger partial charge in [-0.25, -0.2) is 9.97 Å². The fourth-order valence-corrected chi connectivity index (χ4v) is 3.64. The quantitative estimate of drug-likeness (QED) is 0.523. The van der Waals surface area contributed by atoms with Gasteiger partial charge in [-0.15, -0.1) is 11.3 Å². The lowest BCUT2D eigenvalue weighted by Gasteiger charge is -2.13. The Balaban J connectivity index is 0.00000124. The third-order valence-corrected chi connectivity index (χ3v) is 5.02. The summed E-state index contributed by atoms with van der Waals surface area (Å²) >= 11 is 1.36. The standard InChI is InChI=1S/C20H16N4O3S.C2H6/c1-12(25)22-14-5-3-13(4-6-14)19-23-16-9-10-28-18(16)20(26)24(19)15-7-8-17(27-2)21-11-15;1-2/h3-11H,1-2H3,(H,22,25);1-2H3. The number of anilines is 1. The number of nitrogens with zero attached hydrogens (tertiary/aromatic N) is 3. The highest BCUT2D eigenvalue weighted by Crippen LogP contribution is 2.25. The van der Waals surface area contributed by atoms with E-state index in [9.17, 15) is 9.59 Å². The van der Waals surface area contributed by atoms with Crippen LogP contribution in [-0.4, -0.2) is 27.6 Å². The van der Waals surface area contributed by atoms with E-state index in [1.165, 1.54) is 25.4 Å². The molecule has 0 aliphatic heterocycles. The summed E-state index contributed by atoms with van der Waals surface area (Å²) in [5, 5.41) is 4.58. The van der Waals surface area contributed by atoms with Crippen LogP contribution >= 0.6 is 11.3 Å². The van der Waals surface area contributed by atoms with E-state index < -0.39 is 0 Å². The van der Waals surface area contributed by atoms with Gasteiger partial charge in [0.25, 0.3) is 5.56 Å². The summed E-state index contributed by atoms with van der Waals surface area (Å²) in [6.07, 6.45) is 1.58. The minimum atomic E-state index is -0.159. The number of hydrogen-bond donors (Lipinski definition) is 1. The van der Waals surface area contributed by atoms with E-state index in [1.54, 1.807) is 35.0 Å². The van der Waals surface area contributed by atoms with Crippen LogP contribution in [0.1, 0.15) is 20.8 Å². The van der Waals surface area contributed by atoms with Crippen LogP contribution in [0.5, 0.6) is 5.88 Å². The molecule has 0 radical (unpaired) electrons. The van der Waals surface area contributed by atoms with Crippen molar-refractivity contribution in [3.05, 3.63) is 64.4 Å². The summed E-state index contributed by atoms with van der Waals surface area (Å²) in [4.78, 5) is 33.3. The Morgan fingerprint density at radius 2 is 1.83 bits per heavy atom. The number of methoxy groups -OCH3 is 1. The summed E-state index contributed by atoms with van der Waals surface area (Å²) < 4.78 is 7.22. The molecule has 0 aliphatic carbocycles. The topological polar surface area (TPSA) is 86.1 Å². The molecule has 4 aromatic rings. The number of benzene rings is 1. The van der Waals surface area contributed by atoms with Crippen LogP contribution in [0.2, 0.25) is 0 Å². The highest BCUT2D eigenvalue weighted by molar-refractivity contribution is 7.17. The van der Waals surface area contributed by atoms with Gasteiger partial charge >= 0.3 is 0 Å². The zero-order chi connectivity index (χ0) is 21.7. The molecule has 0 unspecified atom stereocenters. The van der Waals surface area contributed by atoms with Crippen LogP contribution in [0.25, 0.3) is 27.3 Å². The van der Waals surface area contributed by atoms with Gasteiger partial charge in [-0.1, -0.05) is 13.8 Å². The molecular weight excluding hydrogens is 400 g/mol. The van der Waals surface area contributed by atoms with Crippen LogP contribution in [0.3, 0.4) is 0 Å². The van der Waals surface area contributed by atoms with E-state index in [-0.39, 0.29) is 11.5 Å². The molecule has 3 heterocycles. The molecule has 8 heteroatoms. The number of carbonyl (C=O) groups excluding carboxylic acids is 1. The Labute approximate surface area is 178 Å². The summed E-state index contributed by atoms with van der Waals surface area (Å²) in [6.45, 7) is 5.45. The first kappa shape index (κ1) is 21.2. The first-order valence-corrected chi connectivity index (χ1v) is 10.3. The molecule has 0 saturated heterocycles. The number of thiophene rings is 1. The van der Waals surface area contributed by atoms with E-state index in [4.69, 9.17) is 9.72 Å². The van der Waals surface area contributed by atoms with Crippen molar-refractivity contribution in [2.45, 2.75) is 20.8 Å². The highest BCUT2D eigenvalue weighted by atomic mass is 32.1. The minimum absolute atomic E-state index is 0.146. The molecule has 0 aliphatic rings. The second-order valence-corrected chi connectivity index (χ2v) is 6.94. The van der Waals surface area contributed by atoms with Gasteiger partial charge in [0.05, 0.1) is 24.5 Å². The number of carbonyl (C=O) groups is 1. The van der Waals surface area contributed by atoms with Crippen molar-refractivity contribution < 1.29 is 9.53 Å². The van der Waals surface area contributed by atoms with Crippen molar-refractivity contribution in [3.63, 3.8) is 0 Å². The fourth-order valence-electron chi connectivity index (χ4n) is 2.88. The second kappa shape index (κ2) is 9.32. The lowest BCUT2D eigenvalue weighted by atomic mass is 10.1. The van der Waals surface area contributed by atoms with E-state index >= 15 is 0 Å². The molecule has 7 nitrogen and oxygen atoms in total. The molecule has 1 amide bonds. The van der Waals surface area contributed by atoms with Crippen molar-refractivity contribution in [2.75, 3.05) is 12.4 Å². The number of ether oxygens (including phenoxy) is 1. The van der Waals surface area contributed by atoms with Gasteiger partial charge in [0.1, 0.15) is 10.5 Å². The van der Waals surface area contributed by atoms with E-state index in [2.05, 4.69) is 10.3 Å². The Morgan fingerprint density at radius 1 is 1.10 bits per heavy atom. The number of aromatic nitrogens is 3. The van der Waals surface area contributed by atoms with Gasteiger partial charge in [0, 0.05) is 24.2 Å². The largest absolute Gasteiger partial charge is 0.481 e. The molecule has 0 saturated carbocycles. The monoisotopic (exact) mass is 422 g/mol. The molecule has 1 aromatic carbocycles. The summed E-state index contributed by atoms with van der Waals surface area (Å²) in [7, 11) is 1.54. The third-order valence-electron chi connectivity index (χ3n) is 4.13. The maximum Gasteiger partial charge on any atom is 0.276 e. The van der Waals surface area contributed by atoms with Crippen LogP contribution in [-0.2, 0) is 4.79 Å². The van der Waals surface area contributed by atoms with Crippen molar-refractivity contribution in [3.8, 4) is 23.0 Å². The van der Waals surface area contributed by atoms with Crippen molar-refractivity contribution in [1.82, 2.24) is 14.5 Å². The van der Waals surface area contributed by atoms with Crippen molar-refractivity contribution >= 4 is 33.1 Å². The Bertz CT molecular complexity index is 1210. The Hall–Kier alpha value is -3.52. The zero-order valence-corrected chi connectivity index (χ0v) is 18.0. The van der Waals surface area contributed by atoms with E-state index in [0.29, 0.717) is 33.3 Å². The van der Waals surface area contributed by atoms with Crippen LogP contribution in [0.15, 0.2) is 58.8 Å². The SMILES string of the molecule is CC.COc1ccc(-n2c(-c3ccc(NC(C)=O)cc3)nc3ccsc3c2=O)cn1. The van der Waals surface area contributed by atoms with Crippen LogP contribution in [0.4, 0.5) is 5.69 Å². The van der Waals surface area contributed by atoms with Gasteiger partial charge in [-0.3, -0.25) is 14.2 Å². The summed E-state index contributed by atoms with van der Waals surface area (Å²) in [5.41, 5.74) is 2.50. The average molecular weight is 423 g/mol. The normalized spacial score (nSPS) is 10.3. The lowest BCUT2D eigenvalue weighted by Crippen LogP contribution is -2.21. The second-order valence-electron chi connectivity index (χ2n) is 6.03. The third kappa shape index (κ3) is 4.23. The number of hydrogen-bond acceptors (Lipinski definition) is 6. The molecule has 0 bridgehead atoms. The molecule has 0 fully saturated rings. The highest BCUT2D eigenvalue weighted by Gasteiger charge is 2.16. The first-order valence-electron chi connectivity index (χ1n) is 9.45. The first-order chi connectivity index (χ1) is 14.6. The van der Waals surface area contributed by atoms with Crippen molar-refractivity contribution in [1.29, 1.82) is 0 Å². The minimum Gasteiger partial charge on any atom is -0.481 e. The molecule has 0 atom stereocenters.